The molecular weight excluding hydrogens is 426 g/mol. The van der Waals surface area contributed by atoms with Gasteiger partial charge in [-0.2, -0.15) is 0 Å². The van der Waals surface area contributed by atoms with Gasteiger partial charge in [0.05, 0.1) is 20.0 Å². The highest BCUT2D eigenvalue weighted by Gasteiger charge is 2.15. The van der Waals surface area contributed by atoms with Gasteiger partial charge in [0.25, 0.3) is 0 Å². The number of hydrogen-bond donors (Lipinski definition) is 1. The zero-order chi connectivity index (χ0) is 24.1. The Morgan fingerprint density at radius 3 is 2.47 bits per heavy atom. The smallest absolute Gasteiger partial charge is 0.244 e. The molecular formula is C29H29NO4. The molecule has 4 rings (SSSR count). The Kier molecular flexibility index (Phi) is 7.02. The average molecular weight is 456 g/mol. The van der Waals surface area contributed by atoms with Crippen molar-refractivity contribution in [2.75, 3.05) is 13.7 Å². The largest absolute Gasteiger partial charge is 0.497 e. The minimum atomic E-state index is -0.150. The molecule has 4 aromatic rings. The van der Waals surface area contributed by atoms with Crippen molar-refractivity contribution in [3.05, 3.63) is 89.7 Å². The fourth-order valence-corrected chi connectivity index (χ4v) is 3.85. The number of methoxy groups -OCH3 is 1. The van der Waals surface area contributed by atoms with Crippen molar-refractivity contribution >= 4 is 22.4 Å². The number of amides is 1. The molecule has 1 amide bonds. The Morgan fingerprint density at radius 2 is 1.79 bits per heavy atom. The topological polar surface area (TPSA) is 60.7 Å². The van der Waals surface area contributed by atoms with Gasteiger partial charge in [-0.25, -0.2) is 0 Å². The number of allylic oxidation sites excluding steroid dienone is 1. The molecule has 5 nitrogen and oxygen atoms in total. The monoisotopic (exact) mass is 455 g/mol. The van der Waals surface area contributed by atoms with Crippen LogP contribution < -0.4 is 14.8 Å². The molecule has 0 saturated heterocycles. The summed E-state index contributed by atoms with van der Waals surface area (Å²) in [4.78, 5) is 12.6. The molecule has 1 N–H and O–H groups in total. The molecule has 0 radical (unpaired) electrons. The van der Waals surface area contributed by atoms with Gasteiger partial charge in [-0.05, 0) is 55.7 Å². The Morgan fingerprint density at radius 1 is 1.06 bits per heavy atom. The number of carbonyl (C=O) groups excluding carboxylic acids is 1. The fourth-order valence-electron chi connectivity index (χ4n) is 3.85. The number of hydrogen-bond acceptors (Lipinski definition) is 4. The normalized spacial score (nSPS) is 11.5. The van der Waals surface area contributed by atoms with E-state index in [1.54, 1.807) is 19.4 Å². The molecule has 0 aliphatic heterocycles. The van der Waals surface area contributed by atoms with Gasteiger partial charge in [0.15, 0.2) is 0 Å². The van der Waals surface area contributed by atoms with E-state index in [9.17, 15) is 4.79 Å². The maximum atomic E-state index is 12.6. The number of aryl methyl sites for hydroxylation is 1. The van der Waals surface area contributed by atoms with E-state index in [0.717, 1.165) is 44.5 Å². The van der Waals surface area contributed by atoms with E-state index in [-0.39, 0.29) is 5.91 Å². The van der Waals surface area contributed by atoms with Gasteiger partial charge in [-0.3, -0.25) is 4.79 Å². The van der Waals surface area contributed by atoms with E-state index in [1.165, 1.54) is 5.56 Å². The second-order valence-corrected chi connectivity index (χ2v) is 8.19. The molecule has 0 aliphatic rings. The lowest BCUT2D eigenvalue weighted by atomic mass is 9.99. The zero-order valence-electron chi connectivity index (χ0n) is 20.0. The maximum Gasteiger partial charge on any atom is 0.244 e. The molecule has 3 aromatic carbocycles. The molecule has 0 aliphatic carbocycles. The lowest BCUT2D eigenvalue weighted by Gasteiger charge is -2.12. The first-order valence-electron chi connectivity index (χ1n) is 11.3. The molecule has 174 valence electrons. The van der Waals surface area contributed by atoms with Crippen molar-refractivity contribution in [2.24, 2.45) is 0 Å². The van der Waals surface area contributed by atoms with Crippen LogP contribution in [-0.4, -0.2) is 19.6 Å². The summed E-state index contributed by atoms with van der Waals surface area (Å²) in [6.07, 6.45) is 3.37. The van der Waals surface area contributed by atoms with Crippen LogP contribution in [0.3, 0.4) is 0 Å². The molecule has 1 aromatic heterocycles. The molecule has 0 fully saturated rings. The van der Waals surface area contributed by atoms with Crippen molar-refractivity contribution in [3.8, 4) is 22.6 Å². The molecule has 0 unspecified atom stereocenters. The summed E-state index contributed by atoms with van der Waals surface area (Å²) >= 11 is 0. The number of fused-ring (bicyclic) bond motifs is 1. The van der Waals surface area contributed by atoms with E-state index >= 15 is 0 Å². The molecule has 34 heavy (non-hydrogen) atoms. The number of benzene rings is 3. The first-order chi connectivity index (χ1) is 16.5. The highest BCUT2D eigenvalue weighted by molar-refractivity contribution is 6.00. The van der Waals surface area contributed by atoms with Gasteiger partial charge in [0.2, 0.25) is 5.91 Å². The van der Waals surface area contributed by atoms with Crippen LogP contribution in [0, 0.1) is 6.92 Å². The van der Waals surface area contributed by atoms with E-state index in [2.05, 4.69) is 5.32 Å². The van der Waals surface area contributed by atoms with Crippen molar-refractivity contribution in [3.63, 3.8) is 0 Å². The van der Waals surface area contributed by atoms with Crippen molar-refractivity contribution in [1.82, 2.24) is 5.32 Å². The number of furan rings is 1. The van der Waals surface area contributed by atoms with Gasteiger partial charge >= 0.3 is 0 Å². The second-order valence-electron chi connectivity index (χ2n) is 8.19. The number of rotatable bonds is 8. The number of nitrogens with one attached hydrogen (secondary N) is 1. The van der Waals surface area contributed by atoms with Crippen molar-refractivity contribution in [2.45, 2.75) is 27.3 Å². The van der Waals surface area contributed by atoms with Gasteiger partial charge in [0, 0.05) is 35.2 Å². The van der Waals surface area contributed by atoms with E-state index in [0.29, 0.717) is 18.9 Å². The molecule has 0 spiro atoms. The van der Waals surface area contributed by atoms with Crippen LogP contribution in [0.5, 0.6) is 11.5 Å². The lowest BCUT2D eigenvalue weighted by Crippen LogP contribution is -2.20. The minimum absolute atomic E-state index is 0.150. The van der Waals surface area contributed by atoms with Crippen molar-refractivity contribution < 1.29 is 18.7 Å². The Hall–Kier alpha value is -3.99. The third-order valence-corrected chi connectivity index (χ3v) is 5.74. The number of carbonyl (C=O) groups is 1. The predicted molar refractivity (Wildman–Crippen MR) is 136 cm³/mol. The summed E-state index contributed by atoms with van der Waals surface area (Å²) in [7, 11) is 1.65. The van der Waals surface area contributed by atoms with Gasteiger partial charge < -0.3 is 19.2 Å². The minimum Gasteiger partial charge on any atom is -0.497 e. The zero-order valence-corrected chi connectivity index (χ0v) is 20.0. The lowest BCUT2D eigenvalue weighted by molar-refractivity contribution is -0.116. The summed E-state index contributed by atoms with van der Waals surface area (Å²) < 4.78 is 17.0. The Bertz CT molecular complexity index is 1320. The summed E-state index contributed by atoms with van der Waals surface area (Å²) in [5, 5.41) is 3.92. The third kappa shape index (κ3) is 5.15. The number of ether oxygens (including phenoxy) is 2. The van der Waals surface area contributed by atoms with Crippen LogP contribution >= 0.6 is 0 Å². The third-order valence-electron chi connectivity index (χ3n) is 5.74. The summed E-state index contributed by atoms with van der Waals surface area (Å²) in [6, 6.07) is 19.9. The summed E-state index contributed by atoms with van der Waals surface area (Å²) in [6.45, 7) is 6.89. The first-order valence-corrected chi connectivity index (χ1v) is 11.3. The summed E-state index contributed by atoms with van der Waals surface area (Å²) in [5.74, 6) is 1.33. The first kappa shape index (κ1) is 23.2. The van der Waals surface area contributed by atoms with Crippen LogP contribution in [0.15, 0.2) is 77.4 Å². The highest BCUT2D eigenvalue weighted by atomic mass is 16.5. The van der Waals surface area contributed by atoms with Crippen LogP contribution in [-0.2, 0) is 11.3 Å². The van der Waals surface area contributed by atoms with Crippen LogP contribution in [0.4, 0.5) is 0 Å². The van der Waals surface area contributed by atoms with Gasteiger partial charge in [-0.1, -0.05) is 42.0 Å². The molecule has 5 heteroatoms. The van der Waals surface area contributed by atoms with E-state index in [1.807, 2.05) is 81.4 Å². The van der Waals surface area contributed by atoms with E-state index in [4.69, 9.17) is 13.9 Å². The van der Waals surface area contributed by atoms with Crippen LogP contribution in [0.1, 0.15) is 30.5 Å². The van der Waals surface area contributed by atoms with E-state index < -0.39 is 0 Å². The Labute approximate surface area is 200 Å². The van der Waals surface area contributed by atoms with Gasteiger partial charge in [-0.15, -0.1) is 0 Å². The standard InChI is InChI=1S/C29H29NO4/c1-5-33-27-16-28-25(26(18-34-28)22-10-12-23(32-4)13-11-22)15-24(27)20(3)14-29(31)30-17-21-8-6-19(2)7-9-21/h6-16,18H,5,17H2,1-4H3,(H,30,31)/b20-14+. The average Bonchev–Trinajstić information content (AvgIpc) is 3.26. The second kappa shape index (κ2) is 10.3. The maximum absolute atomic E-state index is 12.6. The quantitative estimate of drug-likeness (QED) is 0.307. The fraction of sp³-hybridized carbons (Fsp3) is 0.207. The molecule has 0 saturated carbocycles. The van der Waals surface area contributed by atoms with Crippen LogP contribution in [0.2, 0.25) is 0 Å². The highest BCUT2D eigenvalue weighted by Crippen LogP contribution is 2.37. The van der Waals surface area contributed by atoms with Gasteiger partial charge in [0.1, 0.15) is 17.1 Å². The van der Waals surface area contributed by atoms with Crippen LogP contribution in [0.25, 0.3) is 27.7 Å². The molecule has 0 bridgehead atoms. The Balaban J connectivity index is 1.63. The predicted octanol–water partition coefficient (Wildman–Crippen LogP) is 6.54. The SMILES string of the molecule is CCOc1cc2occ(-c3ccc(OC)cc3)c2cc1/C(C)=C/C(=O)NCc1ccc(C)cc1. The molecule has 0 atom stereocenters. The summed E-state index contributed by atoms with van der Waals surface area (Å²) in [5.41, 5.74) is 6.65. The molecule has 1 heterocycles. The van der Waals surface area contributed by atoms with Crippen molar-refractivity contribution in [1.29, 1.82) is 0 Å².